The first-order chi connectivity index (χ1) is 6.23. The molecule has 0 aromatic heterocycles. The molecule has 1 unspecified atom stereocenters. The maximum absolute atomic E-state index is 12.8. The minimum Gasteiger partial charge on any atom is -0.290 e. The van der Waals surface area contributed by atoms with Crippen LogP contribution in [0.3, 0.4) is 0 Å². The second-order valence-electron chi connectivity index (χ2n) is 3.48. The second-order valence-corrected chi connectivity index (χ2v) is 3.48. The van der Waals surface area contributed by atoms with E-state index in [2.05, 4.69) is 0 Å². The third-order valence-electron chi connectivity index (χ3n) is 2.41. The van der Waals surface area contributed by atoms with Crippen LogP contribution in [0.2, 0.25) is 0 Å². The van der Waals surface area contributed by atoms with Crippen molar-refractivity contribution in [2.24, 2.45) is 5.92 Å². The number of ketones is 1. The Bertz CT molecular complexity index is 232. The van der Waals surface area contributed by atoms with E-state index in [-0.39, 0.29) is 12.8 Å². The molecule has 1 aliphatic carbocycles. The van der Waals surface area contributed by atoms with E-state index < -0.39 is 36.6 Å². The summed E-state index contributed by atoms with van der Waals surface area (Å²) in [5, 5.41) is 0. The molecule has 6 heteroatoms. The summed E-state index contributed by atoms with van der Waals surface area (Å²) in [6, 6.07) is 0. The average Bonchev–Trinajstić information content (AvgIpc) is 2.29. The van der Waals surface area contributed by atoms with Gasteiger partial charge in [0.25, 0.3) is 5.92 Å². The second kappa shape index (κ2) is 3.47. The molecule has 82 valence electrons. The Kier molecular flexibility index (Phi) is 2.83. The van der Waals surface area contributed by atoms with Crippen LogP contribution < -0.4 is 0 Å². The fourth-order valence-electron chi connectivity index (χ4n) is 1.59. The Labute approximate surface area is 77.3 Å². The largest absolute Gasteiger partial charge is 0.449 e. The zero-order valence-electron chi connectivity index (χ0n) is 7.20. The lowest BCUT2D eigenvalue weighted by Crippen LogP contribution is -2.30. The van der Waals surface area contributed by atoms with E-state index in [1.807, 2.05) is 0 Å². The Morgan fingerprint density at radius 1 is 1.36 bits per heavy atom. The van der Waals surface area contributed by atoms with Crippen LogP contribution in [0.5, 0.6) is 0 Å². The zero-order valence-corrected chi connectivity index (χ0v) is 7.20. The van der Waals surface area contributed by atoms with Crippen LogP contribution in [0.15, 0.2) is 0 Å². The summed E-state index contributed by atoms with van der Waals surface area (Å²) < 4.78 is 61.0. The average molecular weight is 216 g/mol. The molecule has 0 N–H and O–H groups in total. The summed E-state index contributed by atoms with van der Waals surface area (Å²) >= 11 is 0. The van der Waals surface area contributed by atoms with E-state index in [1.165, 1.54) is 0 Å². The monoisotopic (exact) mass is 216 g/mol. The number of hydrogen-bond acceptors (Lipinski definition) is 1. The van der Waals surface area contributed by atoms with Crippen molar-refractivity contribution in [2.75, 3.05) is 0 Å². The predicted molar refractivity (Wildman–Crippen MR) is 38.0 cm³/mol. The maximum Gasteiger partial charge on any atom is 0.449 e. The highest BCUT2D eigenvalue weighted by Crippen LogP contribution is 2.43. The van der Waals surface area contributed by atoms with Gasteiger partial charge in [0.05, 0.1) is 0 Å². The summed E-state index contributed by atoms with van der Waals surface area (Å²) in [6.45, 7) is 0. The van der Waals surface area contributed by atoms with Crippen LogP contribution in [0.1, 0.15) is 25.7 Å². The molecular weight excluding hydrogens is 207 g/mol. The number of halogens is 5. The van der Waals surface area contributed by atoms with Gasteiger partial charge in [0.1, 0.15) is 0 Å². The predicted octanol–water partition coefficient (Wildman–Crippen LogP) is 2.94. The molecule has 0 heterocycles. The Balaban J connectivity index is 2.57. The molecular formula is C8H9F5O. The molecule has 0 amide bonds. The zero-order chi connectivity index (χ0) is 11.0. The SMILES string of the molecule is O=C(CC1CCCC1(F)F)C(F)(F)F. The number of Topliss-reactive ketones (excluding diaryl/α,β-unsaturated/α-hetero) is 1. The van der Waals surface area contributed by atoms with E-state index in [1.54, 1.807) is 0 Å². The van der Waals surface area contributed by atoms with E-state index in [0.29, 0.717) is 0 Å². The van der Waals surface area contributed by atoms with Crippen LogP contribution in [0.4, 0.5) is 22.0 Å². The van der Waals surface area contributed by atoms with Gasteiger partial charge in [-0.25, -0.2) is 8.78 Å². The highest BCUT2D eigenvalue weighted by atomic mass is 19.4. The molecule has 1 fully saturated rings. The summed E-state index contributed by atoms with van der Waals surface area (Å²) in [5.74, 6) is -6.60. The summed E-state index contributed by atoms with van der Waals surface area (Å²) in [6.07, 6.45) is -6.31. The van der Waals surface area contributed by atoms with Crippen LogP contribution in [0.25, 0.3) is 0 Å². The molecule has 0 radical (unpaired) electrons. The molecule has 1 aliphatic rings. The number of hydrogen-bond donors (Lipinski definition) is 0. The molecule has 0 saturated heterocycles. The van der Waals surface area contributed by atoms with Crippen molar-refractivity contribution in [3.63, 3.8) is 0 Å². The van der Waals surface area contributed by atoms with Crippen molar-refractivity contribution >= 4 is 5.78 Å². The number of rotatable bonds is 2. The van der Waals surface area contributed by atoms with Gasteiger partial charge in [-0.05, 0) is 12.8 Å². The molecule has 1 saturated carbocycles. The molecule has 0 aromatic rings. The Hall–Kier alpha value is -0.680. The lowest BCUT2D eigenvalue weighted by molar-refractivity contribution is -0.174. The van der Waals surface area contributed by atoms with Crippen molar-refractivity contribution < 1.29 is 26.7 Å². The fraction of sp³-hybridized carbons (Fsp3) is 0.875. The van der Waals surface area contributed by atoms with Gasteiger partial charge in [0.2, 0.25) is 5.78 Å². The first kappa shape index (κ1) is 11.4. The van der Waals surface area contributed by atoms with E-state index >= 15 is 0 Å². The van der Waals surface area contributed by atoms with E-state index in [4.69, 9.17) is 0 Å². The van der Waals surface area contributed by atoms with Crippen molar-refractivity contribution in [1.82, 2.24) is 0 Å². The number of carbonyl (C=O) groups is 1. The van der Waals surface area contributed by atoms with Crippen molar-refractivity contribution in [3.05, 3.63) is 0 Å². The topological polar surface area (TPSA) is 17.1 Å². The van der Waals surface area contributed by atoms with Crippen LogP contribution >= 0.6 is 0 Å². The lowest BCUT2D eigenvalue weighted by Gasteiger charge is -2.18. The third-order valence-corrected chi connectivity index (χ3v) is 2.41. The lowest BCUT2D eigenvalue weighted by atomic mass is 9.98. The van der Waals surface area contributed by atoms with E-state index in [9.17, 15) is 26.7 Å². The number of carbonyl (C=O) groups excluding carboxylic acids is 1. The summed E-state index contributed by atoms with van der Waals surface area (Å²) in [5.41, 5.74) is 0. The van der Waals surface area contributed by atoms with Gasteiger partial charge in [-0.3, -0.25) is 4.79 Å². The van der Waals surface area contributed by atoms with Crippen molar-refractivity contribution in [2.45, 2.75) is 37.8 Å². The van der Waals surface area contributed by atoms with Gasteiger partial charge < -0.3 is 0 Å². The Morgan fingerprint density at radius 3 is 2.29 bits per heavy atom. The van der Waals surface area contributed by atoms with Gasteiger partial charge in [-0.2, -0.15) is 13.2 Å². The molecule has 0 spiro atoms. The van der Waals surface area contributed by atoms with E-state index in [0.717, 1.165) is 0 Å². The third kappa shape index (κ3) is 2.42. The summed E-state index contributed by atoms with van der Waals surface area (Å²) in [4.78, 5) is 10.4. The Morgan fingerprint density at radius 2 is 1.93 bits per heavy atom. The van der Waals surface area contributed by atoms with Crippen LogP contribution in [-0.4, -0.2) is 17.9 Å². The quantitative estimate of drug-likeness (QED) is 0.648. The molecule has 0 aliphatic heterocycles. The molecule has 1 atom stereocenters. The van der Waals surface area contributed by atoms with Gasteiger partial charge in [-0.1, -0.05) is 0 Å². The maximum atomic E-state index is 12.8. The minimum absolute atomic E-state index is 0.00514. The highest BCUT2D eigenvalue weighted by molar-refractivity contribution is 5.84. The first-order valence-corrected chi connectivity index (χ1v) is 4.21. The minimum atomic E-state index is -4.99. The smallest absolute Gasteiger partial charge is 0.290 e. The first-order valence-electron chi connectivity index (χ1n) is 4.21. The van der Waals surface area contributed by atoms with Gasteiger partial charge >= 0.3 is 6.18 Å². The standard InChI is InChI=1S/C8H9F5O/c9-7(10)3-1-2-5(7)4-6(14)8(11,12)13/h5H,1-4H2. The molecule has 0 aromatic carbocycles. The van der Waals surface area contributed by atoms with Crippen LogP contribution in [-0.2, 0) is 4.79 Å². The van der Waals surface area contributed by atoms with Gasteiger partial charge in [-0.15, -0.1) is 0 Å². The van der Waals surface area contributed by atoms with Gasteiger partial charge in [0.15, 0.2) is 0 Å². The fourth-order valence-corrected chi connectivity index (χ4v) is 1.59. The summed E-state index contributed by atoms with van der Waals surface area (Å²) in [7, 11) is 0. The molecule has 1 rings (SSSR count). The highest BCUT2D eigenvalue weighted by Gasteiger charge is 2.48. The normalized spacial score (nSPS) is 26.5. The van der Waals surface area contributed by atoms with Crippen molar-refractivity contribution in [1.29, 1.82) is 0 Å². The van der Waals surface area contributed by atoms with Crippen LogP contribution in [0, 0.1) is 5.92 Å². The molecule has 1 nitrogen and oxygen atoms in total. The molecule has 14 heavy (non-hydrogen) atoms. The van der Waals surface area contributed by atoms with Gasteiger partial charge in [0, 0.05) is 18.8 Å². The molecule has 0 bridgehead atoms. The van der Waals surface area contributed by atoms with Crippen molar-refractivity contribution in [3.8, 4) is 0 Å². The number of alkyl halides is 5.